The fourth-order valence-corrected chi connectivity index (χ4v) is 1.68. The van der Waals surface area contributed by atoms with Crippen molar-refractivity contribution in [2.75, 3.05) is 31.6 Å². The molecular weight excluding hydrogens is 240 g/mol. The summed E-state index contributed by atoms with van der Waals surface area (Å²) < 4.78 is 0. The molecule has 5 nitrogen and oxygen atoms in total. The van der Waals surface area contributed by atoms with Gasteiger partial charge in [0.2, 0.25) is 0 Å². The molecule has 0 aromatic carbocycles. The summed E-state index contributed by atoms with van der Waals surface area (Å²) in [6.45, 7) is 5.96. The summed E-state index contributed by atoms with van der Waals surface area (Å²) in [6, 6.07) is -0.239. The molecule has 0 aliphatic carbocycles. The van der Waals surface area contributed by atoms with Gasteiger partial charge in [-0.1, -0.05) is 13.0 Å². The molecule has 0 bridgehead atoms. The molecule has 0 radical (unpaired) electrons. The minimum absolute atomic E-state index is 0.209. The predicted molar refractivity (Wildman–Crippen MR) is 70.4 cm³/mol. The fourth-order valence-electron chi connectivity index (χ4n) is 1.10. The van der Waals surface area contributed by atoms with Gasteiger partial charge in [0.1, 0.15) is 0 Å². The third-order valence-electron chi connectivity index (χ3n) is 2.07. The van der Waals surface area contributed by atoms with Crippen molar-refractivity contribution < 1.29 is 14.7 Å². The lowest BCUT2D eigenvalue weighted by Crippen LogP contribution is -2.41. The number of carbonyl (C=O) groups excluding carboxylic acids is 1. The number of carbonyl (C=O) groups is 2. The Balaban J connectivity index is 3.74. The summed E-state index contributed by atoms with van der Waals surface area (Å²) in [5.74, 6) is 0.231. The summed E-state index contributed by atoms with van der Waals surface area (Å²) in [5.41, 5.74) is 0. The molecule has 17 heavy (non-hydrogen) atoms. The summed E-state index contributed by atoms with van der Waals surface area (Å²) >= 11 is 1.68. The third kappa shape index (κ3) is 7.68. The minimum atomic E-state index is -0.897. The third-order valence-corrected chi connectivity index (χ3v) is 3.04. The molecule has 0 aromatic heterocycles. The van der Waals surface area contributed by atoms with Crippen LogP contribution in [0.5, 0.6) is 0 Å². The minimum Gasteiger partial charge on any atom is -0.481 e. The number of hydrogen-bond donors (Lipinski definition) is 2. The van der Waals surface area contributed by atoms with Crippen molar-refractivity contribution in [3.05, 3.63) is 12.7 Å². The zero-order chi connectivity index (χ0) is 13.3. The van der Waals surface area contributed by atoms with Crippen LogP contribution in [-0.4, -0.2) is 53.6 Å². The Hall–Kier alpha value is -1.17. The van der Waals surface area contributed by atoms with Crippen LogP contribution in [0.25, 0.3) is 0 Å². The average molecular weight is 260 g/mol. The van der Waals surface area contributed by atoms with E-state index in [4.69, 9.17) is 5.11 Å². The highest BCUT2D eigenvalue weighted by Gasteiger charge is 2.16. The Kier molecular flexibility index (Phi) is 8.31. The molecule has 0 aliphatic heterocycles. The first-order valence-corrected chi connectivity index (χ1v) is 6.55. The predicted octanol–water partition coefficient (Wildman–Crippen LogP) is 1.27. The van der Waals surface area contributed by atoms with E-state index in [2.05, 4.69) is 11.9 Å². The summed E-state index contributed by atoms with van der Waals surface area (Å²) in [6.07, 6.45) is 1.81. The van der Waals surface area contributed by atoms with Crippen LogP contribution in [0.1, 0.15) is 6.92 Å². The van der Waals surface area contributed by atoms with Crippen LogP contribution in [0.2, 0.25) is 0 Å². The maximum Gasteiger partial charge on any atom is 0.317 e. The average Bonchev–Trinajstić information content (AvgIpc) is 2.28. The standard InChI is InChI=1S/C11H20N2O3S/c1-4-6-17-7-5-12-11(16)13(3)8-9(2)10(14)15/h4,9H,1,5-8H2,2-3H3,(H,12,16)(H,14,15). The van der Waals surface area contributed by atoms with Gasteiger partial charge < -0.3 is 15.3 Å². The van der Waals surface area contributed by atoms with Gasteiger partial charge in [0.05, 0.1) is 5.92 Å². The van der Waals surface area contributed by atoms with E-state index in [0.717, 1.165) is 11.5 Å². The molecule has 1 unspecified atom stereocenters. The number of urea groups is 1. The maximum absolute atomic E-state index is 11.5. The number of aliphatic carboxylic acids is 1. The van der Waals surface area contributed by atoms with Crippen molar-refractivity contribution in [2.24, 2.45) is 5.92 Å². The zero-order valence-electron chi connectivity index (χ0n) is 10.3. The molecular formula is C11H20N2O3S. The normalized spacial score (nSPS) is 11.6. The first-order chi connectivity index (χ1) is 7.99. The molecule has 0 heterocycles. The van der Waals surface area contributed by atoms with E-state index in [-0.39, 0.29) is 12.6 Å². The summed E-state index contributed by atoms with van der Waals surface area (Å²) in [4.78, 5) is 23.5. The van der Waals surface area contributed by atoms with Gasteiger partial charge in [0.15, 0.2) is 0 Å². The van der Waals surface area contributed by atoms with Crippen molar-refractivity contribution in [1.29, 1.82) is 0 Å². The highest BCUT2D eigenvalue weighted by molar-refractivity contribution is 7.99. The van der Waals surface area contributed by atoms with E-state index in [1.807, 2.05) is 6.08 Å². The topological polar surface area (TPSA) is 69.6 Å². The van der Waals surface area contributed by atoms with Crippen molar-refractivity contribution in [3.63, 3.8) is 0 Å². The molecule has 6 heteroatoms. The van der Waals surface area contributed by atoms with E-state index in [0.29, 0.717) is 6.54 Å². The fraction of sp³-hybridized carbons (Fsp3) is 0.636. The summed E-state index contributed by atoms with van der Waals surface area (Å²) in [7, 11) is 1.59. The zero-order valence-corrected chi connectivity index (χ0v) is 11.1. The number of nitrogens with one attached hydrogen (secondary N) is 1. The van der Waals surface area contributed by atoms with E-state index in [1.54, 1.807) is 25.7 Å². The van der Waals surface area contributed by atoms with Gasteiger partial charge in [0.25, 0.3) is 0 Å². The van der Waals surface area contributed by atoms with Crippen LogP contribution in [0, 0.1) is 5.92 Å². The van der Waals surface area contributed by atoms with Gasteiger partial charge in [-0.2, -0.15) is 11.8 Å². The van der Waals surface area contributed by atoms with Crippen LogP contribution in [0.15, 0.2) is 12.7 Å². The SMILES string of the molecule is C=CCSCCNC(=O)N(C)CC(C)C(=O)O. The Labute approximate surface area is 106 Å². The lowest BCUT2D eigenvalue weighted by molar-refractivity contribution is -0.141. The summed E-state index contributed by atoms with van der Waals surface area (Å²) in [5, 5.41) is 11.4. The van der Waals surface area contributed by atoms with Gasteiger partial charge in [-0.25, -0.2) is 4.79 Å². The van der Waals surface area contributed by atoms with Gasteiger partial charge in [-0.05, 0) is 0 Å². The Bertz CT molecular complexity index is 271. The Morgan fingerprint density at radius 1 is 1.59 bits per heavy atom. The molecule has 0 fully saturated rings. The van der Waals surface area contributed by atoms with Gasteiger partial charge in [-0.15, -0.1) is 6.58 Å². The molecule has 0 aromatic rings. The van der Waals surface area contributed by atoms with Crippen LogP contribution in [0.3, 0.4) is 0 Å². The van der Waals surface area contributed by atoms with Crippen LogP contribution < -0.4 is 5.32 Å². The van der Waals surface area contributed by atoms with Crippen LogP contribution in [0.4, 0.5) is 4.79 Å². The molecule has 0 saturated heterocycles. The molecule has 1 atom stereocenters. The highest BCUT2D eigenvalue weighted by Crippen LogP contribution is 1.99. The number of thioether (sulfide) groups is 1. The number of rotatable bonds is 8. The Morgan fingerprint density at radius 2 is 2.24 bits per heavy atom. The molecule has 98 valence electrons. The van der Waals surface area contributed by atoms with Crippen LogP contribution >= 0.6 is 11.8 Å². The first-order valence-electron chi connectivity index (χ1n) is 5.39. The monoisotopic (exact) mass is 260 g/mol. The molecule has 0 rings (SSSR count). The second-order valence-electron chi connectivity index (χ2n) is 3.72. The number of hydrogen-bond acceptors (Lipinski definition) is 3. The second-order valence-corrected chi connectivity index (χ2v) is 4.87. The highest BCUT2D eigenvalue weighted by atomic mass is 32.2. The van der Waals surface area contributed by atoms with Gasteiger partial charge >= 0.3 is 12.0 Å². The smallest absolute Gasteiger partial charge is 0.317 e. The van der Waals surface area contributed by atoms with Crippen molar-refractivity contribution >= 4 is 23.8 Å². The van der Waals surface area contributed by atoms with Gasteiger partial charge in [0, 0.05) is 31.6 Å². The lowest BCUT2D eigenvalue weighted by atomic mass is 10.2. The maximum atomic E-state index is 11.5. The van der Waals surface area contributed by atoms with Crippen molar-refractivity contribution in [3.8, 4) is 0 Å². The van der Waals surface area contributed by atoms with E-state index in [9.17, 15) is 9.59 Å². The largest absolute Gasteiger partial charge is 0.481 e. The van der Waals surface area contributed by atoms with Crippen LogP contribution in [-0.2, 0) is 4.79 Å². The van der Waals surface area contributed by atoms with E-state index < -0.39 is 11.9 Å². The molecule has 2 N–H and O–H groups in total. The van der Waals surface area contributed by atoms with E-state index in [1.165, 1.54) is 4.90 Å². The molecule has 0 aliphatic rings. The lowest BCUT2D eigenvalue weighted by Gasteiger charge is -2.19. The van der Waals surface area contributed by atoms with Crippen molar-refractivity contribution in [1.82, 2.24) is 10.2 Å². The molecule has 2 amide bonds. The Morgan fingerprint density at radius 3 is 2.76 bits per heavy atom. The quantitative estimate of drug-likeness (QED) is 0.509. The molecule has 0 saturated carbocycles. The van der Waals surface area contributed by atoms with E-state index >= 15 is 0 Å². The van der Waals surface area contributed by atoms with Crippen molar-refractivity contribution in [2.45, 2.75) is 6.92 Å². The second kappa shape index (κ2) is 8.92. The number of carboxylic acids is 1. The number of nitrogens with zero attached hydrogens (tertiary/aromatic N) is 1. The number of amides is 2. The molecule has 0 spiro atoms. The number of carboxylic acid groups (broad SMARTS) is 1. The van der Waals surface area contributed by atoms with Gasteiger partial charge in [-0.3, -0.25) is 4.79 Å². The first kappa shape index (κ1) is 15.8.